The quantitative estimate of drug-likeness (QED) is 0.796. The molecule has 1 spiro atoms. The Bertz CT molecular complexity index is 787. The molecule has 3 aliphatic rings. The summed E-state index contributed by atoms with van der Waals surface area (Å²) in [6.07, 6.45) is 6.37. The van der Waals surface area contributed by atoms with Gasteiger partial charge in [0, 0.05) is 55.6 Å². The van der Waals surface area contributed by atoms with Gasteiger partial charge in [0.1, 0.15) is 10.6 Å². The average molecular weight is 387 g/mol. The number of hydrogen-bond acceptors (Lipinski definition) is 6. The molecule has 27 heavy (non-hydrogen) atoms. The summed E-state index contributed by atoms with van der Waals surface area (Å²) in [5, 5.41) is 3.25. The number of methoxy groups -OCH3 is 1. The molecule has 4 heterocycles. The zero-order valence-electron chi connectivity index (χ0n) is 15.7. The molecule has 2 atom stereocenters. The van der Waals surface area contributed by atoms with Crippen LogP contribution in [0.4, 0.5) is 0 Å². The fraction of sp³-hybridized carbons (Fsp3) is 0.571. The van der Waals surface area contributed by atoms with Crippen molar-refractivity contribution in [3.8, 4) is 11.5 Å². The average Bonchev–Trinajstić information content (AvgIpc) is 3.23. The second-order valence-electron chi connectivity index (χ2n) is 7.79. The lowest BCUT2D eigenvalue weighted by Crippen LogP contribution is -2.57. The van der Waals surface area contributed by atoms with E-state index < -0.39 is 0 Å². The van der Waals surface area contributed by atoms with Crippen LogP contribution in [0.1, 0.15) is 42.4 Å². The summed E-state index contributed by atoms with van der Waals surface area (Å²) in [5.41, 5.74) is 1.02. The van der Waals surface area contributed by atoms with E-state index >= 15 is 0 Å². The van der Waals surface area contributed by atoms with Crippen LogP contribution in [0.25, 0.3) is 0 Å². The summed E-state index contributed by atoms with van der Waals surface area (Å²) < 4.78 is 18.7. The second-order valence-corrected chi connectivity index (χ2v) is 8.77. The Labute approximate surface area is 164 Å². The molecule has 6 heteroatoms. The van der Waals surface area contributed by atoms with Gasteiger partial charge >= 0.3 is 0 Å². The summed E-state index contributed by atoms with van der Waals surface area (Å²) in [4.78, 5) is 6.95. The van der Waals surface area contributed by atoms with E-state index in [4.69, 9.17) is 14.2 Å². The molecule has 3 aliphatic heterocycles. The lowest BCUT2D eigenvalue weighted by Gasteiger charge is -2.53. The Morgan fingerprint density at radius 1 is 1.33 bits per heavy atom. The molecule has 0 N–H and O–H groups in total. The Kier molecular flexibility index (Phi) is 4.58. The molecule has 0 unspecified atom stereocenters. The Morgan fingerprint density at radius 2 is 2.22 bits per heavy atom. The van der Waals surface area contributed by atoms with E-state index in [2.05, 4.69) is 21.3 Å². The Balaban J connectivity index is 1.42. The molecule has 0 radical (unpaired) electrons. The minimum absolute atomic E-state index is 0.128. The van der Waals surface area contributed by atoms with Gasteiger partial charge in [-0.3, -0.25) is 4.90 Å². The van der Waals surface area contributed by atoms with Gasteiger partial charge in [0.15, 0.2) is 11.5 Å². The Hall–Kier alpha value is -1.63. The number of likely N-dealkylation sites (tertiary alicyclic amines) is 1. The maximum atomic E-state index is 6.79. The van der Waals surface area contributed by atoms with Gasteiger partial charge in [0.05, 0.1) is 19.8 Å². The number of hydrogen-bond donors (Lipinski definition) is 0. The van der Waals surface area contributed by atoms with Gasteiger partial charge in [-0.2, -0.15) is 0 Å². The van der Waals surface area contributed by atoms with Crippen molar-refractivity contribution in [3.63, 3.8) is 0 Å². The molecule has 0 bridgehead atoms. The van der Waals surface area contributed by atoms with Gasteiger partial charge < -0.3 is 14.2 Å². The summed E-state index contributed by atoms with van der Waals surface area (Å²) in [6.45, 7) is 3.85. The lowest BCUT2D eigenvalue weighted by atomic mass is 9.70. The molecule has 144 valence electrons. The van der Waals surface area contributed by atoms with Gasteiger partial charge in [-0.25, -0.2) is 4.98 Å². The van der Waals surface area contributed by atoms with Crippen LogP contribution in [0.15, 0.2) is 29.8 Å². The molecule has 2 fully saturated rings. The monoisotopic (exact) mass is 386 g/mol. The van der Waals surface area contributed by atoms with Gasteiger partial charge in [0.2, 0.25) is 0 Å². The number of aromatic nitrogens is 1. The van der Waals surface area contributed by atoms with Crippen molar-refractivity contribution in [2.75, 3.05) is 26.8 Å². The highest BCUT2D eigenvalue weighted by atomic mass is 32.1. The predicted octanol–water partition coefficient (Wildman–Crippen LogP) is 4.05. The Morgan fingerprint density at radius 3 is 3.00 bits per heavy atom. The number of thiazole rings is 1. The molecule has 2 saturated heterocycles. The van der Waals surface area contributed by atoms with Crippen LogP contribution in [-0.4, -0.2) is 42.3 Å². The molecule has 5 rings (SSSR count). The van der Waals surface area contributed by atoms with Crippen LogP contribution in [0.2, 0.25) is 0 Å². The van der Waals surface area contributed by atoms with Crippen molar-refractivity contribution < 1.29 is 14.2 Å². The van der Waals surface area contributed by atoms with Gasteiger partial charge in [0.25, 0.3) is 0 Å². The van der Waals surface area contributed by atoms with Gasteiger partial charge in [-0.1, -0.05) is 12.1 Å². The number of fused-ring (bicyclic) bond motifs is 4. The van der Waals surface area contributed by atoms with Crippen molar-refractivity contribution in [2.45, 2.75) is 43.9 Å². The fourth-order valence-electron chi connectivity index (χ4n) is 5.02. The van der Waals surface area contributed by atoms with Crippen LogP contribution in [0.3, 0.4) is 0 Å². The number of rotatable bonds is 3. The summed E-state index contributed by atoms with van der Waals surface area (Å²) in [5.74, 6) is 2.15. The molecule has 1 aromatic carbocycles. The first kappa shape index (κ1) is 17.5. The normalized spacial score (nSPS) is 26.9. The van der Waals surface area contributed by atoms with E-state index in [9.17, 15) is 0 Å². The van der Waals surface area contributed by atoms with Crippen LogP contribution in [-0.2, 0) is 11.3 Å². The molecule has 0 amide bonds. The van der Waals surface area contributed by atoms with Crippen molar-refractivity contribution in [2.24, 2.45) is 5.92 Å². The number of piperidine rings is 1. The first-order valence-corrected chi connectivity index (χ1v) is 10.8. The highest BCUT2D eigenvalue weighted by Crippen LogP contribution is 2.55. The lowest BCUT2D eigenvalue weighted by molar-refractivity contribution is -0.150. The smallest absolute Gasteiger partial charge is 0.167 e. The number of ether oxygens (including phenoxy) is 3. The minimum atomic E-state index is -0.147. The predicted molar refractivity (Wildman–Crippen MR) is 104 cm³/mol. The molecule has 0 aliphatic carbocycles. The fourth-order valence-corrected chi connectivity index (χ4v) is 5.67. The van der Waals surface area contributed by atoms with Gasteiger partial charge in [-0.05, 0) is 18.9 Å². The second kappa shape index (κ2) is 7.08. The zero-order chi connectivity index (χ0) is 18.3. The first-order valence-electron chi connectivity index (χ1n) is 9.87. The third kappa shape index (κ3) is 3.04. The molecular formula is C21H26N2O3S. The van der Waals surface area contributed by atoms with Crippen molar-refractivity contribution in [3.05, 3.63) is 40.3 Å². The topological polar surface area (TPSA) is 43.8 Å². The highest BCUT2D eigenvalue weighted by molar-refractivity contribution is 7.09. The van der Waals surface area contributed by atoms with E-state index in [1.54, 1.807) is 18.4 Å². The van der Waals surface area contributed by atoms with E-state index in [0.717, 1.165) is 62.6 Å². The van der Waals surface area contributed by atoms with Crippen LogP contribution in [0, 0.1) is 5.92 Å². The SMILES string of the molecule is COc1cccc2c1OC1(CCN(Cc3nccs3)CC1)[C@H]1CCCO[C@H]21. The molecule has 2 aromatic rings. The van der Waals surface area contributed by atoms with E-state index in [0.29, 0.717) is 5.92 Å². The number of nitrogens with zero attached hydrogens (tertiary/aromatic N) is 2. The van der Waals surface area contributed by atoms with E-state index in [1.807, 2.05) is 18.3 Å². The largest absolute Gasteiger partial charge is 0.493 e. The summed E-state index contributed by atoms with van der Waals surface area (Å²) in [6, 6.07) is 6.18. The van der Waals surface area contributed by atoms with E-state index in [-0.39, 0.29) is 11.7 Å². The summed E-state index contributed by atoms with van der Waals surface area (Å²) >= 11 is 1.74. The van der Waals surface area contributed by atoms with Crippen molar-refractivity contribution in [1.29, 1.82) is 0 Å². The zero-order valence-corrected chi connectivity index (χ0v) is 16.5. The first-order chi connectivity index (χ1) is 13.3. The third-order valence-corrected chi connectivity index (χ3v) is 7.15. The van der Waals surface area contributed by atoms with Crippen molar-refractivity contribution >= 4 is 11.3 Å². The maximum absolute atomic E-state index is 6.79. The third-order valence-electron chi connectivity index (χ3n) is 6.38. The molecule has 5 nitrogen and oxygen atoms in total. The number of para-hydroxylation sites is 1. The highest BCUT2D eigenvalue weighted by Gasteiger charge is 2.53. The maximum Gasteiger partial charge on any atom is 0.167 e. The van der Waals surface area contributed by atoms with Crippen LogP contribution < -0.4 is 9.47 Å². The van der Waals surface area contributed by atoms with Crippen LogP contribution in [0.5, 0.6) is 11.5 Å². The van der Waals surface area contributed by atoms with Crippen molar-refractivity contribution in [1.82, 2.24) is 9.88 Å². The van der Waals surface area contributed by atoms with Crippen LogP contribution >= 0.6 is 11.3 Å². The minimum Gasteiger partial charge on any atom is -0.493 e. The number of benzene rings is 1. The molecule has 1 aromatic heterocycles. The molecular weight excluding hydrogens is 360 g/mol. The summed E-state index contributed by atoms with van der Waals surface area (Å²) in [7, 11) is 1.72. The molecule has 0 saturated carbocycles. The standard InChI is InChI=1S/C21H26N2O3S/c1-24-17-6-2-4-15-19-16(5-3-12-25-19)21(26-20(15)17)7-10-23(11-8-21)14-18-22-9-13-27-18/h2,4,6,9,13,16,19H,3,5,7-8,10-12,14H2,1H3/t16-,19+/m0/s1. The van der Waals surface area contributed by atoms with Gasteiger partial charge in [-0.15, -0.1) is 11.3 Å². The van der Waals surface area contributed by atoms with E-state index in [1.165, 1.54) is 11.4 Å².